The number of ether oxygens (including phenoxy) is 1. The van der Waals surface area contributed by atoms with E-state index in [0.717, 1.165) is 18.7 Å². The van der Waals surface area contributed by atoms with Crippen molar-refractivity contribution >= 4 is 5.84 Å². The molecule has 0 bridgehead atoms. The molecule has 0 heterocycles. The molecule has 4 N–H and O–H groups in total. The molecule has 0 radical (unpaired) electrons. The molecule has 1 unspecified atom stereocenters. The largest absolute Gasteiger partial charge is 0.492 e. The van der Waals surface area contributed by atoms with Gasteiger partial charge in [-0.25, -0.2) is 0 Å². The molecule has 0 aliphatic carbocycles. The van der Waals surface area contributed by atoms with E-state index < -0.39 is 0 Å². The number of rotatable bonds is 8. The number of nitrogens with one attached hydrogen (secondary N) is 1. The number of nitrogens with zero attached hydrogens (tertiary/aromatic N) is 1. The first-order valence-corrected chi connectivity index (χ1v) is 6.55. The van der Waals surface area contributed by atoms with Crippen LogP contribution >= 0.6 is 0 Å². The minimum absolute atomic E-state index is 0.206. The second kappa shape index (κ2) is 8.37. The molecule has 5 heteroatoms. The van der Waals surface area contributed by atoms with Crippen LogP contribution in [0.4, 0.5) is 0 Å². The molecular weight excluding hydrogens is 242 g/mol. The molecule has 0 fully saturated rings. The molecule has 0 spiro atoms. The van der Waals surface area contributed by atoms with Crippen LogP contribution in [0.2, 0.25) is 0 Å². The number of benzene rings is 1. The van der Waals surface area contributed by atoms with Gasteiger partial charge in [-0.3, -0.25) is 0 Å². The molecule has 0 saturated carbocycles. The summed E-state index contributed by atoms with van der Waals surface area (Å²) in [5.41, 5.74) is 6.67. The Morgan fingerprint density at radius 2 is 2.32 bits per heavy atom. The van der Waals surface area contributed by atoms with E-state index in [4.69, 9.17) is 15.7 Å². The number of hydrogen-bond acceptors (Lipinski definition) is 4. The summed E-state index contributed by atoms with van der Waals surface area (Å²) in [5, 5.41) is 14.8. The van der Waals surface area contributed by atoms with E-state index >= 15 is 0 Å². The van der Waals surface area contributed by atoms with Gasteiger partial charge in [-0.05, 0) is 31.0 Å². The minimum Gasteiger partial charge on any atom is -0.492 e. The lowest BCUT2D eigenvalue weighted by Gasteiger charge is -2.16. The van der Waals surface area contributed by atoms with Gasteiger partial charge in [0.15, 0.2) is 0 Å². The number of hydrogen-bond donors (Lipinski definition) is 3. The van der Waals surface area contributed by atoms with Crippen molar-refractivity contribution in [3.8, 4) is 5.75 Å². The molecule has 0 aliphatic rings. The Balaban J connectivity index is 2.25. The lowest BCUT2D eigenvalue weighted by Crippen LogP contribution is -2.35. The monoisotopic (exact) mass is 265 g/mol. The summed E-state index contributed by atoms with van der Waals surface area (Å²) >= 11 is 0. The molecule has 1 rings (SSSR count). The maximum absolute atomic E-state index is 8.54. The average Bonchev–Trinajstić information content (AvgIpc) is 2.42. The van der Waals surface area contributed by atoms with E-state index in [-0.39, 0.29) is 11.9 Å². The van der Waals surface area contributed by atoms with Crippen molar-refractivity contribution in [2.24, 2.45) is 10.9 Å². The van der Waals surface area contributed by atoms with Crippen molar-refractivity contribution in [3.63, 3.8) is 0 Å². The fourth-order valence-corrected chi connectivity index (χ4v) is 1.79. The lowest BCUT2D eigenvalue weighted by atomic mass is 10.1. The second-order valence-electron chi connectivity index (χ2n) is 4.52. The molecule has 5 nitrogen and oxygen atoms in total. The van der Waals surface area contributed by atoms with E-state index in [2.05, 4.69) is 17.4 Å². The standard InChI is InChI=1S/C14H23N3O2/c1-3-12(10-14(15)17-18)16-7-8-19-13-6-4-5-11(2)9-13/h4-6,9,12,16,18H,3,7-8,10H2,1-2H3,(H2,15,17). The summed E-state index contributed by atoms with van der Waals surface area (Å²) in [7, 11) is 0. The number of amidine groups is 1. The Morgan fingerprint density at radius 3 is 2.95 bits per heavy atom. The SMILES string of the molecule is CCC(CC(N)=NO)NCCOc1cccc(C)c1. The van der Waals surface area contributed by atoms with Crippen LogP contribution in [0.5, 0.6) is 5.75 Å². The van der Waals surface area contributed by atoms with Gasteiger partial charge in [0.2, 0.25) is 0 Å². The molecule has 1 aromatic carbocycles. The van der Waals surface area contributed by atoms with E-state index in [1.165, 1.54) is 5.56 Å². The number of nitrogens with two attached hydrogens (primary N) is 1. The second-order valence-corrected chi connectivity index (χ2v) is 4.52. The predicted molar refractivity (Wildman–Crippen MR) is 76.8 cm³/mol. The van der Waals surface area contributed by atoms with Gasteiger partial charge in [0, 0.05) is 19.0 Å². The Hall–Kier alpha value is -1.75. The Kier molecular flexibility index (Phi) is 6.74. The Morgan fingerprint density at radius 1 is 1.53 bits per heavy atom. The van der Waals surface area contributed by atoms with Gasteiger partial charge in [0.25, 0.3) is 0 Å². The summed E-state index contributed by atoms with van der Waals surface area (Å²) in [6.07, 6.45) is 1.46. The van der Waals surface area contributed by atoms with Crippen molar-refractivity contribution in [2.45, 2.75) is 32.7 Å². The third-order valence-electron chi connectivity index (χ3n) is 2.87. The highest BCUT2D eigenvalue weighted by Gasteiger charge is 2.07. The van der Waals surface area contributed by atoms with Gasteiger partial charge < -0.3 is 21.0 Å². The smallest absolute Gasteiger partial charge is 0.140 e. The fourth-order valence-electron chi connectivity index (χ4n) is 1.79. The summed E-state index contributed by atoms with van der Waals surface area (Å²) in [5.74, 6) is 1.13. The first-order valence-electron chi connectivity index (χ1n) is 6.55. The summed E-state index contributed by atoms with van der Waals surface area (Å²) in [6.45, 7) is 5.42. The average molecular weight is 265 g/mol. The maximum Gasteiger partial charge on any atom is 0.140 e. The Labute approximate surface area is 114 Å². The molecule has 0 aromatic heterocycles. The third kappa shape index (κ3) is 6.10. The van der Waals surface area contributed by atoms with Gasteiger partial charge in [0.05, 0.1) is 0 Å². The molecule has 106 valence electrons. The molecule has 1 atom stereocenters. The molecule has 0 amide bonds. The van der Waals surface area contributed by atoms with Gasteiger partial charge in [-0.2, -0.15) is 0 Å². The maximum atomic E-state index is 8.54. The van der Waals surface area contributed by atoms with Gasteiger partial charge in [-0.15, -0.1) is 0 Å². The van der Waals surface area contributed by atoms with E-state index in [1.54, 1.807) is 0 Å². The molecular formula is C14H23N3O2. The van der Waals surface area contributed by atoms with Crippen LogP contribution < -0.4 is 15.8 Å². The highest BCUT2D eigenvalue weighted by atomic mass is 16.5. The highest BCUT2D eigenvalue weighted by Crippen LogP contribution is 2.11. The molecule has 0 aliphatic heterocycles. The zero-order valence-electron chi connectivity index (χ0n) is 11.6. The zero-order valence-corrected chi connectivity index (χ0v) is 11.6. The van der Waals surface area contributed by atoms with Gasteiger partial charge in [0.1, 0.15) is 18.2 Å². The fraction of sp³-hybridized carbons (Fsp3) is 0.500. The van der Waals surface area contributed by atoms with Crippen molar-refractivity contribution < 1.29 is 9.94 Å². The zero-order chi connectivity index (χ0) is 14.1. The molecule has 19 heavy (non-hydrogen) atoms. The summed E-state index contributed by atoms with van der Waals surface area (Å²) < 4.78 is 5.64. The van der Waals surface area contributed by atoms with Crippen LogP contribution in [-0.2, 0) is 0 Å². The van der Waals surface area contributed by atoms with Gasteiger partial charge in [-0.1, -0.05) is 24.2 Å². The predicted octanol–water partition coefficient (Wildman–Crippen LogP) is 1.88. The quantitative estimate of drug-likeness (QED) is 0.220. The van der Waals surface area contributed by atoms with Crippen molar-refractivity contribution in [1.82, 2.24) is 5.32 Å². The van der Waals surface area contributed by atoms with Crippen LogP contribution in [0.15, 0.2) is 29.4 Å². The van der Waals surface area contributed by atoms with E-state index in [1.807, 2.05) is 31.2 Å². The van der Waals surface area contributed by atoms with Crippen molar-refractivity contribution in [2.75, 3.05) is 13.2 Å². The summed E-state index contributed by atoms with van der Waals surface area (Å²) in [6, 6.07) is 8.17. The first kappa shape index (κ1) is 15.3. The van der Waals surface area contributed by atoms with Crippen LogP contribution in [0.25, 0.3) is 0 Å². The van der Waals surface area contributed by atoms with Gasteiger partial charge >= 0.3 is 0 Å². The van der Waals surface area contributed by atoms with Crippen LogP contribution in [-0.4, -0.2) is 30.2 Å². The summed E-state index contributed by atoms with van der Waals surface area (Å²) in [4.78, 5) is 0. The van der Waals surface area contributed by atoms with E-state index in [0.29, 0.717) is 13.0 Å². The lowest BCUT2D eigenvalue weighted by molar-refractivity contribution is 0.301. The van der Waals surface area contributed by atoms with Crippen LogP contribution in [0, 0.1) is 6.92 Å². The van der Waals surface area contributed by atoms with Crippen molar-refractivity contribution in [1.29, 1.82) is 0 Å². The number of aryl methyl sites for hydroxylation is 1. The van der Waals surface area contributed by atoms with E-state index in [9.17, 15) is 0 Å². The Bertz CT molecular complexity index is 407. The van der Waals surface area contributed by atoms with Crippen LogP contribution in [0.1, 0.15) is 25.3 Å². The number of oxime groups is 1. The van der Waals surface area contributed by atoms with Crippen LogP contribution in [0.3, 0.4) is 0 Å². The minimum atomic E-state index is 0.206. The van der Waals surface area contributed by atoms with Crippen molar-refractivity contribution in [3.05, 3.63) is 29.8 Å². The molecule has 1 aromatic rings. The highest BCUT2D eigenvalue weighted by molar-refractivity contribution is 5.80. The topological polar surface area (TPSA) is 79.9 Å². The normalized spacial score (nSPS) is 13.3. The molecule has 0 saturated heterocycles. The first-order chi connectivity index (χ1) is 9.15. The third-order valence-corrected chi connectivity index (χ3v) is 2.87.